The van der Waals surface area contributed by atoms with Crippen LogP contribution in [0, 0.1) is 5.92 Å². The molecular weight excluding hydrogens is 270 g/mol. The molecule has 2 heterocycles. The summed E-state index contributed by atoms with van der Waals surface area (Å²) in [7, 11) is 0. The second-order valence-electron chi connectivity index (χ2n) is 5.47. The number of carbonyl (C=O) groups is 2. The minimum absolute atomic E-state index is 0.0593. The molecular formula is C15H17N3O3. The Balaban J connectivity index is 1.62. The van der Waals surface area contributed by atoms with Crippen LogP contribution in [-0.2, 0) is 4.79 Å². The van der Waals surface area contributed by atoms with Crippen LogP contribution in [0.1, 0.15) is 36.0 Å². The molecule has 2 aromatic heterocycles. The Morgan fingerprint density at radius 2 is 2.00 bits per heavy atom. The highest BCUT2D eigenvalue weighted by molar-refractivity contribution is 5.95. The predicted octanol–water partition coefficient (Wildman–Crippen LogP) is 1.71. The van der Waals surface area contributed by atoms with Crippen molar-refractivity contribution in [2.45, 2.75) is 31.7 Å². The van der Waals surface area contributed by atoms with Crippen LogP contribution in [0.3, 0.4) is 0 Å². The summed E-state index contributed by atoms with van der Waals surface area (Å²) < 4.78 is 1.84. The standard InChI is InChI=1S/C15H17N3O3/c19-14(11-5-7-18-8-6-16-13(18)9-11)17-12-3-1-10(2-4-12)15(20)21/h5-10,12H,1-4H2,(H,17,19)(H,20,21). The molecule has 6 heteroatoms. The van der Waals surface area contributed by atoms with Gasteiger partial charge in [-0.05, 0) is 37.8 Å². The number of carboxylic acid groups (broad SMARTS) is 1. The zero-order chi connectivity index (χ0) is 14.8. The quantitative estimate of drug-likeness (QED) is 0.900. The van der Waals surface area contributed by atoms with Gasteiger partial charge in [0, 0.05) is 30.2 Å². The van der Waals surface area contributed by atoms with Gasteiger partial charge in [0.25, 0.3) is 5.91 Å². The maximum Gasteiger partial charge on any atom is 0.306 e. The van der Waals surface area contributed by atoms with Gasteiger partial charge >= 0.3 is 5.97 Å². The van der Waals surface area contributed by atoms with Crippen molar-refractivity contribution in [3.63, 3.8) is 0 Å². The van der Waals surface area contributed by atoms with E-state index in [0.717, 1.165) is 5.65 Å². The molecule has 2 N–H and O–H groups in total. The summed E-state index contributed by atoms with van der Waals surface area (Å²) >= 11 is 0. The molecule has 0 unspecified atom stereocenters. The molecule has 6 nitrogen and oxygen atoms in total. The fourth-order valence-electron chi connectivity index (χ4n) is 2.80. The van der Waals surface area contributed by atoms with Crippen LogP contribution >= 0.6 is 0 Å². The van der Waals surface area contributed by atoms with E-state index in [1.54, 1.807) is 24.5 Å². The van der Waals surface area contributed by atoms with E-state index < -0.39 is 5.97 Å². The van der Waals surface area contributed by atoms with Gasteiger partial charge in [-0.3, -0.25) is 9.59 Å². The minimum atomic E-state index is -0.732. The molecule has 21 heavy (non-hydrogen) atoms. The Morgan fingerprint density at radius 1 is 1.24 bits per heavy atom. The van der Waals surface area contributed by atoms with E-state index in [4.69, 9.17) is 5.11 Å². The fraction of sp³-hybridized carbons (Fsp3) is 0.400. The van der Waals surface area contributed by atoms with E-state index in [0.29, 0.717) is 31.2 Å². The van der Waals surface area contributed by atoms with Crippen LogP contribution in [0.15, 0.2) is 30.7 Å². The number of hydrogen-bond acceptors (Lipinski definition) is 3. The SMILES string of the molecule is O=C(NC1CCC(C(=O)O)CC1)c1ccn2ccnc2c1. The van der Waals surface area contributed by atoms with Gasteiger partial charge in [0.2, 0.25) is 0 Å². The van der Waals surface area contributed by atoms with Gasteiger partial charge in [-0.25, -0.2) is 4.98 Å². The Hall–Kier alpha value is -2.37. The average molecular weight is 287 g/mol. The number of carbonyl (C=O) groups excluding carboxylic acids is 1. The van der Waals surface area contributed by atoms with E-state index in [1.165, 1.54) is 0 Å². The van der Waals surface area contributed by atoms with E-state index in [9.17, 15) is 9.59 Å². The molecule has 0 radical (unpaired) electrons. The van der Waals surface area contributed by atoms with Crippen molar-refractivity contribution >= 4 is 17.5 Å². The maximum atomic E-state index is 12.2. The van der Waals surface area contributed by atoms with Crippen molar-refractivity contribution in [1.29, 1.82) is 0 Å². The Kier molecular flexibility index (Phi) is 3.60. The highest BCUT2D eigenvalue weighted by atomic mass is 16.4. The van der Waals surface area contributed by atoms with Crippen molar-refractivity contribution < 1.29 is 14.7 Å². The molecule has 0 aliphatic heterocycles. The number of amides is 1. The third-order valence-corrected chi connectivity index (χ3v) is 4.07. The van der Waals surface area contributed by atoms with Crippen LogP contribution in [0.25, 0.3) is 5.65 Å². The summed E-state index contributed by atoms with van der Waals surface area (Å²) in [4.78, 5) is 27.3. The largest absolute Gasteiger partial charge is 0.481 e. The van der Waals surface area contributed by atoms with Gasteiger partial charge in [-0.15, -0.1) is 0 Å². The molecule has 0 spiro atoms. The van der Waals surface area contributed by atoms with Crippen molar-refractivity contribution in [1.82, 2.24) is 14.7 Å². The van der Waals surface area contributed by atoms with Gasteiger partial charge in [0.1, 0.15) is 5.65 Å². The fourth-order valence-corrected chi connectivity index (χ4v) is 2.80. The Morgan fingerprint density at radius 3 is 2.71 bits per heavy atom. The van der Waals surface area contributed by atoms with Crippen molar-refractivity contribution in [3.05, 3.63) is 36.3 Å². The lowest BCUT2D eigenvalue weighted by atomic mass is 9.86. The number of carboxylic acids is 1. The van der Waals surface area contributed by atoms with Gasteiger partial charge in [0.05, 0.1) is 5.92 Å². The molecule has 0 bridgehead atoms. The monoisotopic (exact) mass is 287 g/mol. The maximum absolute atomic E-state index is 12.2. The number of aliphatic carboxylic acids is 1. The lowest BCUT2D eigenvalue weighted by Gasteiger charge is -2.26. The number of nitrogens with one attached hydrogen (secondary N) is 1. The Bertz CT molecular complexity index is 672. The predicted molar refractivity (Wildman–Crippen MR) is 76.0 cm³/mol. The van der Waals surface area contributed by atoms with E-state index in [-0.39, 0.29) is 17.9 Å². The molecule has 1 saturated carbocycles. The smallest absolute Gasteiger partial charge is 0.306 e. The third kappa shape index (κ3) is 2.89. The van der Waals surface area contributed by atoms with Gasteiger partial charge in [-0.1, -0.05) is 0 Å². The van der Waals surface area contributed by atoms with Gasteiger partial charge < -0.3 is 14.8 Å². The number of nitrogens with zero attached hydrogens (tertiary/aromatic N) is 2. The first-order valence-corrected chi connectivity index (χ1v) is 7.10. The number of imidazole rings is 1. The molecule has 1 amide bonds. The summed E-state index contributed by atoms with van der Waals surface area (Å²) in [6.07, 6.45) is 7.99. The summed E-state index contributed by atoms with van der Waals surface area (Å²) in [5.74, 6) is -1.12. The van der Waals surface area contributed by atoms with E-state index in [2.05, 4.69) is 10.3 Å². The topological polar surface area (TPSA) is 83.7 Å². The first-order chi connectivity index (χ1) is 10.1. The number of pyridine rings is 1. The zero-order valence-corrected chi connectivity index (χ0v) is 11.5. The summed E-state index contributed by atoms with van der Waals surface area (Å²) in [6, 6.07) is 3.56. The van der Waals surface area contributed by atoms with Crippen LogP contribution < -0.4 is 5.32 Å². The second-order valence-corrected chi connectivity index (χ2v) is 5.47. The normalized spacial score (nSPS) is 22.1. The summed E-state index contributed by atoms with van der Waals surface area (Å²) in [5, 5.41) is 12.0. The lowest BCUT2D eigenvalue weighted by molar-refractivity contribution is -0.142. The molecule has 1 fully saturated rings. The number of hydrogen-bond donors (Lipinski definition) is 2. The van der Waals surface area contributed by atoms with Crippen molar-refractivity contribution in [2.24, 2.45) is 5.92 Å². The summed E-state index contributed by atoms with van der Waals surface area (Å²) in [5.41, 5.74) is 1.31. The van der Waals surface area contributed by atoms with Crippen molar-refractivity contribution in [2.75, 3.05) is 0 Å². The first-order valence-electron chi connectivity index (χ1n) is 7.10. The summed E-state index contributed by atoms with van der Waals surface area (Å²) in [6.45, 7) is 0. The third-order valence-electron chi connectivity index (χ3n) is 4.07. The van der Waals surface area contributed by atoms with Crippen molar-refractivity contribution in [3.8, 4) is 0 Å². The molecule has 0 atom stereocenters. The molecule has 3 rings (SSSR count). The van der Waals surface area contributed by atoms with Gasteiger partial charge in [-0.2, -0.15) is 0 Å². The molecule has 110 valence electrons. The van der Waals surface area contributed by atoms with Crippen LogP contribution in [0.4, 0.5) is 0 Å². The minimum Gasteiger partial charge on any atom is -0.481 e. The number of fused-ring (bicyclic) bond motifs is 1. The average Bonchev–Trinajstić information content (AvgIpc) is 2.95. The second kappa shape index (κ2) is 5.55. The lowest BCUT2D eigenvalue weighted by Crippen LogP contribution is -2.38. The molecule has 2 aromatic rings. The van der Waals surface area contributed by atoms with Crippen LogP contribution in [0.2, 0.25) is 0 Å². The van der Waals surface area contributed by atoms with Crippen LogP contribution in [-0.4, -0.2) is 32.4 Å². The highest BCUT2D eigenvalue weighted by Crippen LogP contribution is 2.24. The molecule has 0 aromatic carbocycles. The molecule has 1 aliphatic rings. The van der Waals surface area contributed by atoms with E-state index in [1.807, 2.05) is 10.6 Å². The van der Waals surface area contributed by atoms with E-state index >= 15 is 0 Å². The molecule has 1 aliphatic carbocycles. The molecule has 0 saturated heterocycles. The number of rotatable bonds is 3. The zero-order valence-electron chi connectivity index (χ0n) is 11.5. The highest BCUT2D eigenvalue weighted by Gasteiger charge is 2.26. The first kappa shape index (κ1) is 13.6. The van der Waals surface area contributed by atoms with Gasteiger partial charge in [0.15, 0.2) is 0 Å². The van der Waals surface area contributed by atoms with Crippen LogP contribution in [0.5, 0.6) is 0 Å². The Labute approximate surface area is 121 Å². The number of aromatic nitrogens is 2.